The highest BCUT2D eigenvalue weighted by Gasteiger charge is 2.30. The molecule has 0 aliphatic carbocycles. The van der Waals surface area contributed by atoms with Crippen molar-refractivity contribution in [2.45, 2.75) is 61.3 Å². The van der Waals surface area contributed by atoms with Crippen LogP contribution in [-0.2, 0) is 22.9 Å². The fourth-order valence-electron chi connectivity index (χ4n) is 6.38. The minimum absolute atomic E-state index is 0.00654. The van der Waals surface area contributed by atoms with E-state index in [1.807, 2.05) is 66.7 Å². The molecule has 1 amide bonds. The lowest BCUT2D eigenvalue weighted by atomic mass is 9.99. The minimum Gasteiger partial charge on any atom is -0.379 e. The number of hydrogen-bond donors (Lipinski definition) is 2. The fourth-order valence-corrected chi connectivity index (χ4v) is 8.28. The SMILES string of the molecule is CC(C)c1ccc(CCc2nc(N3CCCC3c3ccc(Cl)cc3)ncc2C(=O)NS(=O)(=O)c2ccc(NCCSc3ccccc3)c([N+](=O)[O-])c2)cc1. The molecule has 0 spiro atoms. The van der Waals surface area contributed by atoms with Crippen molar-refractivity contribution >= 4 is 56.6 Å². The Labute approximate surface area is 324 Å². The average molecular weight is 785 g/mol. The average Bonchev–Trinajstić information content (AvgIpc) is 3.66. The first-order valence-corrected chi connectivity index (χ1v) is 20.6. The number of aryl methyl sites for hydroxylation is 2. The third-order valence-corrected chi connectivity index (χ3v) is 11.9. The highest BCUT2D eigenvalue weighted by Crippen LogP contribution is 2.35. The van der Waals surface area contributed by atoms with Crippen LogP contribution >= 0.6 is 23.4 Å². The van der Waals surface area contributed by atoms with E-state index in [1.165, 1.54) is 23.9 Å². The molecule has 4 aromatic carbocycles. The lowest BCUT2D eigenvalue weighted by molar-refractivity contribution is -0.384. The quantitative estimate of drug-likeness (QED) is 0.0458. The molecule has 5 aromatic rings. The van der Waals surface area contributed by atoms with Crippen molar-refractivity contribution in [2.75, 3.05) is 29.1 Å². The van der Waals surface area contributed by atoms with Crippen LogP contribution in [0.25, 0.3) is 0 Å². The van der Waals surface area contributed by atoms with Gasteiger partial charge in [-0.2, -0.15) is 0 Å². The maximum atomic E-state index is 13.8. The molecule has 11 nitrogen and oxygen atoms in total. The first-order chi connectivity index (χ1) is 26.0. The number of nitro groups is 1. The van der Waals surface area contributed by atoms with E-state index in [9.17, 15) is 23.3 Å². The monoisotopic (exact) mass is 784 g/mol. The number of nitro benzene ring substituents is 1. The molecule has 14 heteroatoms. The molecule has 1 aromatic heterocycles. The number of benzene rings is 4. The van der Waals surface area contributed by atoms with Gasteiger partial charge in [-0.3, -0.25) is 14.9 Å². The molecule has 1 aliphatic rings. The number of halogens is 1. The standard InChI is InChI=1S/C40H41ClN6O5S2/c1-27(2)29-13-10-28(11-14-29)12-20-35-34(26-43-40(44-35)46-23-6-9-37(46)30-15-17-31(41)18-16-30)39(48)45-54(51,52)33-19-21-36(38(25-33)47(49)50)42-22-24-53-32-7-4-3-5-8-32/h3-5,7-8,10-11,13-19,21,25-27,37,42H,6,9,12,20,22-24H2,1-2H3,(H,45,48). The molecule has 2 N–H and O–H groups in total. The number of nitrogens with zero attached hydrogens (tertiary/aromatic N) is 4. The van der Waals surface area contributed by atoms with E-state index in [4.69, 9.17) is 16.6 Å². The summed E-state index contributed by atoms with van der Waals surface area (Å²) in [6, 6.07) is 29.2. The molecule has 280 valence electrons. The van der Waals surface area contributed by atoms with E-state index in [1.54, 1.807) is 11.8 Å². The van der Waals surface area contributed by atoms with E-state index in [0.29, 0.717) is 54.3 Å². The fraction of sp³-hybridized carbons (Fsp3) is 0.275. The van der Waals surface area contributed by atoms with Gasteiger partial charge >= 0.3 is 0 Å². The highest BCUT2D eigenvalue weighted by atomic mass is 35.5. The Morgan fingerprint density at radius 1 is 1.02 bits per heavy atom. The molecule has 1 aliphatic heterocycles. The van der Waals surface area contributed by atoms with Crippen LogP contribution in [0.2, 0.25) is 5.02 Å². The summed E-state index contributed by atoms with van der Waals surface area (Å²) in [5.74, 6) is 0.527. The van der Waals surface area contributed by atoms with Gasteiger partial charge in [0.1, 0.15) is 5.69 Å². The van der Waals surface area contributed by atoms with Crippen molar-refractivity contribution in [2.24, 2.45) is 0 Å². The van der Waals surface area contributed by atoms with Gasteiger partial charge in [0.05, 0.1) is 27.1 Å². The Morgan fingerprint density at radius 2 is 1.76 bits per heavy atom. The van der Waals surface area contributed by atoms with E-state index in [-0.39, 0.29) is 17.3 Å². The number of anilines is 2. The van der Waals surface area contributed by atoms with Crippen LogP contribution in [0.15, 0.2) is 113 Å². The summed E-state index contributed by atoms with van der Waals surface area (Å²) in [6.45, 7) is 5.37. The highest BCUT2D eigenvalue weighted by molar-refractivity contribution is 7.99. The molecular weight excluding hydrogens is 744 g/mol. The normalized spacial score (nSPS) is 14.3. The molecule has 1 unspecified atom stereocenters. The zero-order chi connectivity index (χ0) is 38.2. The summed E-state index contributed by atoms with van der Waals surface area (Å²) in [5.41, 5.74) is 3.47. The van der Waals surface area contributed by atoms with Crippen molar-refractivity contribution in [1.82, 2.24) is 14.7 Å². The summed E-state index contributed by atoms with van der Waals surface area (Å²) in [7, 11) is -4.53. The molecule has 0 radical (unpaired) electrons. The predicted octanol–water partition coefficient (Wildman–Crippen LogP) is 8.61. The third kappa shape index (κ3) is 9.57. The summed E-state index contributed by atoms with van der Waals surface area (Å²) >= 11 is 7.74. The minimum atomic E-state index is -4.53. The summed E-state index contributed by atoms with van der Waals surface area (Å²) in [6.07, 6.45) is 4.06. The Bertz CT molecular complexity index is 2210. The Morgan fingerprint density at radius 3 is 2.46 bits per heavy atom. The van der Waals surface area contributed by atoms with Crippen LogP contribution in [0.3, 0.4) is 0 Å². The van der Waals surface area contributed by atoms with Gasteiger partial charge in [0.15, 0.2) is 0 Å². The van der Waals surface area contributed by atoms with E-state index >= 15 is 0 Å². The van der Waals surface area contributed by atoms with Crippen molar-refractivity contribution in [3.63, 3.8) is 0 Å². The summed E-state index contributed by atoms with van der Waals surface area (Å²) in [4.78, 5) is 37.3. The number of hydrogen-bond acceptors (Lipinski definition) is 10. The second-order valence-corrected chi connectivity index (χ2v) is 16.6. The maximum absolute atomic E-state index is 13.8. The molecule has 1 saturated heterocycles. The zero-order valence-corrected chi connectivity index (χ0v) is 32.3. The molecular formula is C40H41ClN6O5S2. The van der Waals surface area contributed by atoms with Gasteiger partial charge in [-0.25, -0.2) is 23.1 Å². The topological polar surface area (TPSA) is 147 Å². The second-order valence-electron chi connectivity index (χ2n) is 13.3. The first kappa shape index (κ1) is 38.7. The number of sulfonamides is 1. The van der Waals surface area contributed by atoms with Gasteiger partial charge in [-0.1, -0.05) is 80.0 Å². The van der Waals surface area contributed by atoms with Crippen molar-refractivity contribution in [3.8, 4) is 0 Å². The molecule has 0 saturated carbocycles. The number of aromatic nitrogens is 2. The Hall–Kier alpha value is -4.98. The smallest absolute Gasteiger partial charge is 0.293 e. The second kappa shape index (κ2) is 17.4. The third-order valence-electron chi connectivity index (χ3n) is 9.29. The van der Waals surface area contributed by atoms with Gasteiger partial charge in [-0.15, -0.1) is 11.8 Å². The van der Waals surface area contributed by atoms with Gasteiger partial charge < -0.3 is 10.2 Å². The molecule has 6 rings (SSSR count). The van der Waals surface area contributed by atoms with Crippen LogP contribution in [0.4, 0.5) is 17.3 Å². The van der Waals surface area contributed by atoms with Gasteiger partial charge in [0.2, 0.25) is 5.95 Å². The van der Waals surface area contributed by atoms with Crippen molar-refractivity contribution in [1.29, 1.82) is 0 Å². The van der Waals surface area contributed by atoms with Crippen LogP contribution in [0.5, 0.6) is 0 Å². The number of nitrogens with one attached hydrogen (secondary N) is 2. The van der Waals surface area contributed by atoms with Crippen molar-refractivity contribution in [3.05, 3.63) is 146 Å². The number of rotatable bonds is 15. The number of amides is 1. The number of thioether (sulfide) groups is 1. The van der Waals surface area contributed by atoms with Crippen LogP contribution < -0.4 is 14.9 Å². The summed E-state index contributed by atoms with van der Waals surface area (Å²) < 4.78 is 29.2. The Kier molecular flexibility index (Phi) is 12.5. The van der Waals surface area contributed by atoms with Crippen LogP contribution in [0.1, 0.15) is 71.4 Å². The first-order valence-electron chi connectivity index (χ1n) is 17.7. The molecule has 2 heterocycles. The maximum Gasteiger partial charge on any atom is 0.293 e. The van der Waals surface area contributed by atoms with Crippen LogP contribution in [-0.4, -0.2) is 48.1 Å². The lowest BCUT2D eigenvalue weighted by Crippen LogP contribution is -2.32. The lowest BCUT2D eigenvalue weighted by Gasteiger charge is -2.26. The van der Waals surface area contributed by atoms with Gasteiger partial charge in [-0.05, 0) is 84.7 Å². The predicted molar refractivity (Wildman–Crippen MR) is 214 cm³/mol. The molecule has 0 bridgehead atoms. The van der Waals surface area contributed by atoms with Gasteiger partial charge in [0, 0.05) is 41.0 Å². The largest absolute Gasteiger partial charge is 0.379 e. The van der Waals surface area contributed by atoms with E-state index < -0.39 is 31.4 Å². The van der Waals surface area contributed by atoms with E-state index in [0.717, 1.165) is 34.9 Å². The molecule has 54 heavy (non-hydrogen) atoms. The van der Waals surface area contributed by atoms with E-state index in [2.05, 4.69) is 45.9 Å². The molecule has 1 atom stereocenters. The zero-order valence-electron chi connectivity index (χ0n) is 29.9. The van der Waals surface area contributed by atoms with Gasteiger partial charge in [0.25, 0.3) is 21.6 Å². The van der Waals surface area contributed by atoms with Crippen LogP contribution in [0, 0.1) is 10.1 Å². The molecule has 1 fully saturated rings. The Balaban J connectivity index is 1.23. The number of carbonyl (C=O) groups excluding carboxylic acids is 1. The number of carbonyl (C=O) groups is 1. The van der Waals surface area contributed by atoms with Crippen molar-refractivity contribution < 1.29 is 18.1 Å². The summed E-state index contributed by atoms with van der Waals surface area (Å²) in [5, 5.41) is 15.7.